The van der Waals surface area contributed by atoms with E-state index in [0.29, 0.717) is 12.0 Å². The number of hydrogen-bond acceptors (Lipinski definition) is 4. The second kappa shape index (κ2) is 5.43. The van der Waals surface area contributed by atoms with Gasteiger partial charge in [0, 0.05) is 12.6 Å². The second-order valence-corrected chi connectivity index (χ2v) is 6.71. The molecule has 0 amide bonds. The summed E-state index contributed by atoms with van der Waals surface area (Å²) in [5.41, 5.74) is 0.211. The molecule has 1 aromatic rings. The largest absolute Gasteiger partial charge is 0.496 e. The van der Waals surface area contributed by atoms with Crippen LogP contribution < -0.4 is 10.1 Å². The summed E-state index contributed by atoms with van der Waals surface area (Å²) in [6, 6.07) is 2.47. The Bertz CT molecular complexity index is 428. The lowest BCUT2D eigenvalue weighted by atomic mass is 9.70. The molecule has 106 valence electrons. The summed E-state index contributed by atoms with van der Waals surface area (Å²) in [5.74, 6) is 1.69. The molecule has 2 heterocycles. The van der Waals surface area contributed by atoms with Gasteiger partial charge in [-0.05, 0) is 56.5 Å². The third kappa shape index (κ3) is 2.41. The standard InChI is InChI=1S/C15H23NO2S/c1-16-13(14-12(17-2)5-9-19-14)11-4-8-18-15(10-11)6-3-7-15/h5,9,11,13,16H,3-4,6-8,10H2,1-2H3. The first-order valence-corrected chi connectivity index (χ1v) is 8.08. The number of rotatable bonds is 4. The molecular formula is C15H23NO2S. The SMILES string of the molecule is CNC(c1sccc1OC)C1CCOC2(CCC2)C1. The van der Waals surface area contributed by atoms with E-state index in [1.54, 1.807) is 18.4 Å². The predicted octanol–water partition coefficient (Wildman–Crippen LogP) is 3.37. The number of methoxy groups -OCH3 is 1. The fraction of sp³-hybridized carbons (Fsp3) is 0.733. The van der Waals surface area contributed by atoms with E-state index in [0.717, 1.165) is 18.8 Å². The summed E-state index contributed by atoms with van der Waals surface area (Å²) in [5, 5.41) is 5.63. The number of ether oxygens (including phenoxy) is 2. The van der Waals surface area contributed by atoms with Crippen molar-refractivity contribution in [2.24, 2.45) is 5.92 Å². The highest BCUT2D eigenvalue weighted by molar-refractivity contribution is 7.10. The molecule has 0 aromatic carbocycles. The monoisotopic (exact) mass is 281 g/mol. The average Bonchev–Trinajstić information content (AvgIpc) is 2.86. The molecule has 1 saturated carbocycles. The molecule has 19 heavy (non-hydrogen) atoms. The van der Waals surface area contributed by atoms with Crippen molar-refractivity contribution < 1.29 is 9.47 Å². The van der Waals surface area contributed by atoms with Crippen molar-refractivity contribution in [3.05, 3.63) is 16.3 Å². The van der Waals surface area contributed by atoms with Gasteiger partial charge in [0.05, 0.1) is 17.6 Å². The van der Waals surface area contributed by atoms with Crippen LogP contribution in [0.1, 0.15) is 43.0 Å². The Morgan fingerprint density at radius 1 is 1.53 bits per heavy atom. The van der Waals surface area contributed by atoms with Crippen molar-refractivity contribution in [3.63, 3.8) is 0 Å². The molecule has 2 aliphatic rings. The summed E-state index contributed by atoms with van der Waals surface area (Å²) in [7, 11) is 3.82. The van der Waals surface area contributed by atoms with Gasteiger partial charge >= 0.3 is 0 Å². The van der Waals surface area contributed by atoms with Crippen molar-refractivity contribution in [1.29, 1.82) is 0 Å². The zero-order valence-electron chi connectivity index (χ0n) is 11.8. The number of hydrogen-bond donors (Lipinski definition) is 1. The molecule has 4 heteroatoms. The molecule has 1 aromatic heterocycles. The molecule has 2 atom stereocenters. The molecule has 0 radical (unpaired) electrons. The van der Waals surface area contributed by atoms with E-state index < -0.39 is 0 Å². The summed E-state index contributed by atoms with van der Waals surface area (Å²) in [4.78, 5) is 1.34. The van der Waals surface area contributed by atoms with Gasteiger partial charge < -0.3 is 14.8 Å². The molecule has 3 nitrogen and oxygen atoms in total. The van der Waals surface area contributed by atoms with E-state index in [1.807, 2.05) is 0 Å². The molecular weight excluding hydrogens is 258 g/mol. The van der Waals surface area contributed by atoms with Crippen LogP contribution in [0.5, 0.6) is 5.75 Å². The van der Waals surface area contributed by atoms with E-state index in [-0.39, 0.29) is 5.60 Å². The van der Waals surface area contributed by atoms with Crippen LogP contribution in [0.2, 0.25) is 0 Å². The van der Waals surface area contributed by atoms with E-state index >= 15 is 0 Å². The minimum Gasteiger partial charge on any atom is -0.496 e. The fourth-order valence-electron chi connectivity index (χ4n) is 3.56. The lowest BCUT2D eigenvalue weighted by Gasteiger charge is -2.48. The molecule has 1 aliphatic heterocycles. The lowest BCUT2D eigenvalue weighted by molar-refractivity contribution is -0.147. The van der Waals surface area contributed by atoms with Crippen LogP contribution in [0.4, 0.5) is 0 Å². The molecule has 2 unspecified atom stereocenters. The maximum Gasteiger partial charge on any atom is 0.134 e. The van der Waals surface area contributed by atoms with Crippen LogP contribution in [-0.4, -0.2) is 26.4 Å². The van der Waals surface area contributed by atoms with Gasteiger partial charge in [0.2, 0.25) is 0 Å². The average molecular weight is 281 g/mol. The summed E-state index contributed by atoms with van der Waals surface area (Å²) >= 11 is 1.80. The van der Waals surface area contributed by atoms with Gasteiger partial charge in [-0.2, -0.15) is 0 Å². The Kier molecular flexibility index (Phi) is 3.83. The van der Waals surface area contributed by atoms with E-state index in [2.05, 4.69) is 23.8 Å². The predicted molar refractivity (Wildman–Crippen MR) is 77.9 cm³/mol. The zero-order valence-corrected chi connectivity index (χ0v) is 12.6. The molecule has 1 N–H and O–H groups in total. The van der Waals surface area contributed by atoms with Gasteiger partial charge in [-0.1, -0.05) is 0 Å². The van der Waals surface area contributed by atoms with Gasteiger partial charge in [0.1, 0.15) is 5.75 Å². The maximum atomic E-state index is 6.04. The summed E-state index contributed by atoms with van der Waals surface area (Å²) in [6.07, 6.45) is 6.18. The van der Waals surface area contributed by atoms with Gasteiger partial charge in [-0.3, -0.25) is 0 Å². The Labute approximate surface area is 119 Å². The molecule has 1 spiro atoms. The smallest absolute Gasteiger partial charge is 0.134 e. The van der Waals surface area contributed by atoms with Crippen molar-refractivity contribution in [3.8, 4) is 5.75 Å². The number of thiophene rings is 1. The normalized spacial score (nSPS) is 26.9. The molecule has 0 bridgehead atoms. The quantitative estimate of drug-likeness (QED) is 0.918. The van der Waals surface area contributed by atoms with Crippen molar-refractivity contribution >= 4 is 11.3 Å². The number of nitrogens with one attached hydrogen (secondary N) is 1. The molecule has 2 fully saturated rings. The van der Waals surface area contributed by atoms with Crippen LogP contribution >= 0.6 is 11.3 Å². The van der Waals surface area contributed by atoms with E-state index in [4.69, 9.17) is 9.47 Å². The van der Waals surface area contributed by atoms with Crippen LogP contribution in [0, 0.1) is 5.92 Å². The molecule has 1 saturated heterocycles. The first-order valence-electron chi connectivity index (χ1n) is 7.20. The Hall–Kier alpha value is -0.580. The third-order valence-corrected chi connectivity index (χ3v) is 5.72. The van der Waals surface area contributed by atoms with Crippen LogP contribution in [0.15, 0.2) is 11.4 Å². The van der Waals surface area contributed by atoms with Gasteiger partial charge in [0.25, 0.3) is 0 Å². The Balaban J connectivity index is 1.78. The topological polar surface area (TPSA) is 30.5 Å². The first-order chi connectivity index (χ1) is 9.28. The molecule has 3 rings (SSSR count). The second-order valence-electron chi connectivity index (χ2n) is 5.76. The maximum absolute atomic E-state index is 6.04. The zero-order chi connectivity index (χ0) is 13.3. The molecule has 1 aliphatic carbocycles. The minimum absolute atomic E-state index is 0.211. The van der Waals surface area contributed by atoms with Gasteiger partial charge in [-0.15, -0.1) is 11.3 Å². The summed E-state index contributed by atoms with van der Waals surface area (Å²) < 4.78 is 11.5. The van der Waals surface area contributed by atoms with Crippen LogP contribution in [0.25, 0.3) is 0 Å². The summed E-state index contributed by atoms with van der Waals surface area (Å²) in [6.45, 7) is 0.913. The van der Waals surface area contributed by atoms with Gasteiger partial charge in [0.15, 0.2) is 0 Å². The van der Waals surface area contributed by atoms with Crippen molar-refractivity contribution in [2.75, 3.05) is 20.8 Å². The Morgan fingerprint density at radius 3 is 3.00 bits per heavy atom. The van der Waals surface area contributed by atoms with Crippen molar-refractivity contribution in [2.45, 2.75) is 43.7 Å². The van der Waals surface area contributed by atoms with Crippen LogP contribution in [-0.2, 0) is 4.74 Å². The van der Waals surface area contributed by atoms with Crippen molar-refractivity contribution in [1.82, 2.24) is 5.32 Å². The lowest BCUT2D eigenvalue weighted by Crippen LogP contribution is -2.47. The minimum atomic E-state index is 0.211. The van der Waals surface area contributed by atoms with E-state index in [9.17, 15) is 0 Å². The van der Waals surface area contributed by atoms with Crippen LogP contribution in [0.3, 0.4) is 0 Å². The highest BCUT2D eigenvalue weighted by Gasteiger charge is 2.44. The highest BCUT2D eigenvalue weighted by atomic mass is 32.1. The highest BCUT2D eigenvalue weighted by Crippen LogP contribution is 2.48. The van der Waals surface area contributed by atoms with Gasteiger partial charge in [-0.25, -0.2) is 0 Å². The van der Waals surface area contributed by atoms with E-state index in [1.165, 1.54) is 30.6 Å². The Morgan fingerprint density at radius 2 is 2.37 bits per heavy atom. The third-order valence-electron chi connectivity index (χ3n) is 4.74. The first kappa shape index (κ1) is 13.4. The fourth-order valence-corrected chi connectivity index (χ4v) is 4.62.